The third-order valence-electron chi connectivity index (χ3n) is 3.27. The van der Waals surface area contributed by atoms with Crippen LogP contribution in [0.25, 0.3) is 0 Å². The summed E-state index contributed by atoms with van der Waals surface area (Å²) >= 11 is 0. The minimum Gasteiger partial charge on any atom is -0.299 e. The highest BCUT2D eigenvalue weighted by Gasteiger charge is 2.41. The molecule has 2 aliphatic rings. The molecular weight excluding hydrogens is 136 g/mol. The van der Waals surface area contributed by atoms with Gasteiger partial charge in [0.25, 0.3) is 0 Å². The predicted octanol–water partition coefficient (Wildman–Crippen LogP) is 2.55. The fourth-order valence-electron chi connectivity index (χ4n) is 1.69. The molecule has 0 aromatic rings. The van der Waals surface area contributed by atoms with Crippen molar-refractivity contribution in [1.29, 1.82) is 0 Å². The monoisotopic (exact) mass is 152 g/mol. The molecule has 2 fully saturated rings. The van der Waals surface area contributed by atoms with Gasteiger partial charge in [-0.05, 0) is 31.1 Å². The Morgan fingerprint density at radius 2 is 2.09 bits per heavy atom. The number of hydrogen-bond acceptors (Lipinski definition) is 1. The Hall–Kier alpha value is -0.330. The van der Waals surface area contributed by atoms with Gasteiger partial charge in [0.2, 0.25) is 0 Å². The van der Waals surface area contributed by atoms with E-state index in [2.05, 4.69) is 6.92 Å². The highest BCUT2D eigenvalue weighted by Crippen LogP contribution is 2.49. The third kappa shape index (κ3) is 1.47. The number of ketones is 1. The van der Waals surface area contributed by atoms with Gasteiger partial charge >= 0.3 is 0 Å². The van der Waals surface area contributed by atoms with Gasteiger partial charge in [0.1, 0.15) is 5.78 Å². The van der Waals surface area contributed by atoms with E-state index in [1.165, 1.54) is 32.1 Å². The summed E-state index contributed by atoms with van der Waals surface area (Å²) in [6.07, 6.45) is 7.07. The summed E-state index contributed by atoms with van der Waals surface area (Å²) in [5.74, 6) is 1.02. The van der Waals surface area contributed by atoms with Crippen LogP contribution >= 0.6 is 0 Å². The summed E-state index contributed by atoms with van der Waals surface area (Å²) in [6.45, 7) is 2.24. The zero-order valence-electron chi connectivity index (χ0n) is 7.23. The Kier molecular flexibility index (Phi) is 1.55. The van der Waals surface area contributed by atoms with Crippen LogP contribution < -0.4 is 0 Å². The highest BCUT2D eigenvalue weighted by atomic mass is 16.1. The molecule has 0 amide bonds. The molecule has 0 spiro atoms. The van der Waals surface area contributed by atoms with E-state index in [4.69, 9.17) is 0 Å². The first kappa shape index (κ1) is 7.33. The lowest BCUT2D eigenvalue weighted by atomic mass is 9.79. The van der Waals surface area contributed by atoms with Crippen molar-refractivity contribution in [2.24, 2.45) is 11.3 Å². The lowest BCUT2D eigenvalue weighted by Gasteiger charge is -2.24. The van der Waals surface area contributed by atoms with E-state index in [1.807, 2.05) is 0 Å². The highest BCUT2D eigenvalue weighted by molar-refractivity contribution is 5.82. The van der Waals surface area contributed by atoms with Crippen LogP contribution in [0.1, 0.15) is 45.4 Å². The van der Waals surface area contributed by atoms with Crippen LogP contribution in [0.3, 0.4) is 0 Å². The second-order valence-corrected chi connectivity index (χ2v) is 4.58. The molecule has 2 aliphatic carbocycles. The van der Waals surface area contributed by atoms with Gasteiger partial charge in [-0.25, -0.2) is 0 Å². The number of rotatable bonds is 3. The lowest BCUT2D eigenvalue weighted by molar-refractivity contribution is -0.126. The minimum absolute atomic E-state index is 0.437. The fraction of sp³-hybridized carbons (Fsp3) is 0.900. The van der Waals surface area contributed by atoms with Crippen molar-refractivity contribution in [3.63, 3.8) is 0 Å². The van der Waals surface area contributed by atoms with E-state index in [1.54, 1.807) is 0 Å². The number of Topliss-reactive ketones (excluding diaryl/α,β-unsaturated/α-hetero) is 1. The molecule has 0 heterocycles. The van der Waals surface area contributed by atoms with E-state index in [0.29, 0.717) is 17.1 Å². The molecule has 0 atom stereocenters. The Morgan fingerprint density at radius 1 is 1.45 bits per heavy atom. The van der Waals surface area contributed by atoms with Gasteiger partial charge < -0.3 is 0 Å². The summed E-state index contributed by atoms with van der Waals surface area (Å²) in [5.41, 5.74) is 0.437. The molecule has 1 nitrogen and oxygen atoms in total. The molecule has 0 saturated heterocycles. The van der Waals surface area contributed by atoms with Gasteiger partial charge in [-0.1, -0.05) is 13.3 Å². The summed E-state index contributed by atoms with van der Waals surface area (Å²) in [7, 11) is 0. The van der Waals surface area contributed by atoms with E-state index in [9.17, 15) is 4.79 Å². The Balaban J connectivity index is 1.81. The molecule has 2 saturated carbocycles. The van der Waals surface area contributed by atoms with Crippen molar-refractivity contribution in [1.82, 2.24) is 0 Å². The van der Waals surface area contributed by atoms with Crippen molar-refractivity contribution in [3.8, 4) is 0 Å². The quantitative estimate of drug-likeness (QED) is 0.607. The fourth-order valence-corrected chi connectivity index (χ4v) is 1.69. The maximum atomic E-state index is 11.5. The first-order chi connectivity index (χ1) is 5.20. The first-order valence-corrected chi connectivity index (χ1v) is 4.72. The van der Waals surface area contributed by atoms with E-state index < -0.39 is 0 Å². The summed E-state index contributed by atoms with van der Waals surface area (Å²) in [6, 6.07) is 0. The van der Waals surface area contributed by atoms with Gasteiger partial charge in [-0.3, -0.25) is 4.79 Å². The predicted molar refractivity (Wildman–Crippen MR) is 44.3 cm³/mol. The van der Waals surface area contributed by atoms with Gasteiger partial charge in [-0.15, -0.1) is 0 Å². The largest absolute Gasteiger partial charge is 0.299 e. The molecule has 62 valence electrons. The Labute approximate surface area is 68.2 Å². The van der Waals surface area contributed by atoms with Gasteiger partial charge in [0.15, 0.2) is 0 Å². The van der Waals surface area contributed by atoms with Crippen LogP contribution in [0.5, 0.6) is 0 Å². The topological polar surface area (TPSA) is 17.1 Å². The number of carbonyl (C=O) groups excluding carboxylic acids is 1. The van der Waals surface area contributed by atoms with E-state index in [-0.39, 0.29) is 0 Å². The Bertz CT molecular complexity index is 175. The molecule has 0 aliphatic heterocycles. The smallest absolute Gasteiger partial charge is 0.136 e. The van der Waals surface area contributed by atoms with Crippen molar-refractivity contribution in [3.05, 3.63) is 0 Å². The second-order valence-electron chi connectivity index (χ2n) is 4.58. The molecule has 0 N–H and O–H groups in total. The summed E-state index contributed by atoms with van der Waals surface area (Å²) < 4.78 is 0. The molecule has 0 aromatic heterocycles. The van der Waals surface area contributed by atoms with Gasteiger partial charge in [-0.2, -0.15) is 0 Å². The van der Waals surface area contributed by atoms with Crippen molar-refractivity contribution < 1.29 is 4.79 Å². The van der Waals surface area contributed by atoms with E-state index in [0.717, 1.165) is 6.42 Å². The first-order valence-electron chi connectivity index (χ1n) is 4.72. The van der Waals surface area contributed by atoms with Crippen LogP contribution in [-0.2, 0) is 4.79 Å². The van der Waals surface area contributed by atoms with Gasteiger partial charge in [0.05, 0.1) is 0 Å². The maximum absolute atomic E-state index is 11.5. The normalized spacial score (nSPS) is 27.7. The maximum Gasteiger partial charge on any atom is 0.136 e. The third-order valence-corrected chi connectivity index (χ3v) is 3.27. The molecule has 0 aromatic carbocycles. The Morgan fingerprint density at radius 3 is 2.45 bits per heavy atom. The van der Waals surface area contributed by atoms with Crippen LogP contribution in [0.15, 0.2) is 0 Å². The standard InChI is InChI=1S/C10H16O/c1-10(5-6-10)7-9(11)8-3-2-4-8/h8H,2-7H2,1H3. The molecule has 1 heteroatoms. The average Bonchev–Trinajstić information content (AvgIpc) is 2.41. The van der Waals surface area contributed by atoms with Crippen LogP contribution in [0, 0.1) is 11.3 Å². The zero-order valence-corrected chi connectivity index (χ0v) is 7.23. The van der Waals surface area contributed by atoms with Crippen molar-refractivity contribution in [2.75, 3.05) is 0 Å². The lowest BCUT2D eigenvalue weighted by Crippen LogP contribution is -2.23. The molecule has 11 heavy (non-hydrogen) atoms. The molecule has 0 bridgehead atoms. The zero-order chi connectivity index (χ0) is 7.90. The second kappa shape index (κ2) is 2.33. The summed E-state index contributed by atoms with van der Waals surface area (Å²) in [5, 5.41) is 0. The molecule has 0 radical (unpaired) electrons. The SMILES string of the molecule is CC1(CC(=O)C2CCC2)CC1. The van der Waals surface area contributed by atoms with Crippen molar-refractivity contribution in [2.45, 2.75) is 45.4 Å². The van der Waals surface area contributed by atoms with Crippen LogP contribution in [-0.4, -0.2) is 5.78 Å². The van der Waals surface area contributed by atoms with E-state index >= 15 is 0 Å². The van der Waals surface area contributed by atoms with Crippen LogP contribution in [0.2, 0.25) is 0 Å². The number of carbonyl (C=O) groups is 1. The molecule has 2 rings (SSSR count). The minimum atomic E-state index is 0.437. The van der Waals surface area contributed by atoms with Crippen LogP contribution in [0.4, 0.5) is 0 Å². The van der Waals surface area contributed by atoms with Gasteiger partial charge in [0, 0.05) is 12.3 Å². The average molecular weight is 152 g/mol. The number of hydrogen-bond donors (Lipinski definition) is 0. The molecule has 0 unspecified atom stereocenters. The van der Waals surface area contributed by atoms with Crippen molar-refractivity contribution >= 4 is 5.78 Å². The molecular formula is C10H16O. The summed E-state index contributed by atoms with van der Waals surface area (Å²) in [4.78, 5) is 11.5.